The largest absolute Gasteiger partial charge is 0.464 e. The van der Waals surface area contributed by atoms with Gasteiger partial charge in [0.15, 0.2) is 5.79 Å². The highest BCUT2D eigenvalue weighted by Gasteiger charge is 2.57. The molecule has 2 saturated carbocycles. The first-order chi connectivity index (χ1) is 9.63. The summed E-state index contributed by atoms with van der Waals surface area (Å²) in [5.74, 6) is -0.794. The van der Waals surface area contributed by atoms with Crippen LogP contribution in [-0.2, 0) is 23.7 Å². The molecule has 0 aromatic heterocycles. The molecule has 6 nitrogen and oxygen atoms in total. The van der Waals surface area contributed by atoms with Crippen LogP contribution in [0.15, 0.2) is 0 Å². The third-order valence-corrected chi connectivity index (χ3v) is 4.40. The fraction of sp³-hybridized carbons (Fsp3) is 0.929. The molecule has 1 spiro atoms. The van der Waals surface area contributed by atoms with Gasteiger partial charge in [0.1, 0.15) is 18.8 Å². The molecule has 4 atom stereocenters. The zero-order valence-electron chi connectivity index (χ0n) is 11.9. The van der Waals surface area contributed by atoms with Crippen LogP contribution in [0.1, 0.15) is 39.0 Å². The predicted octanol–water partition coefficient (Wildman–Crippen LogP) is 0.720. The number of ether oxygens (including phenoxy) is 4. The summed E-state index contributed by atoms with van der Waals surface area (Å²) in [5, 5.41) is 0. The van der Waals surface area contributed by atoms with Crippen molar-refractivity contribution in [1.82, 2.24) is 0 Å². The quantitative estimate of drug-likeness (QED) is 0.767. The highest BCUT2D eigenvalue weighted by atomic mass is 16.8. The molecule has 0 amide bonds. The minimum Gasteiger partial charge on any atom is -0.464 e. The van der Waals surface area contributed by atoms with E-state index in [0.29, 0.717) is 13.0 Å². The molecule has 2 aliphatic carbocycles. The number of fused-ring (bicyclic) bond motifs is 1. The van der Waals surface area contributed by atoms with Gasteiger partial charge in [-0.3, -0.25) is 0 Å². The van der Waals surface area contributed by atoms with Gasteiger partial charge in [0.05, 0.1) is 12.7 Å². The number of carbonyl (C=O) groups excluding carboxylic acids is 1. The van der Waals surface area contributed by atoms with Crippen molar-refractivity contribution in [2.45, 2.75) is 69.2 Å². The molecule has 114 valence electrons. The Hall–Kier alpha value is -0.690. The molecule has 6 heteroatoms. The van der Waals surface area contributed by atoms with Gasteiger partial charge in [0, 0.05) is 18.9 Å². The number of esters is 1. The first-order valence-corrected chi connectivity index (χ1v) is 7.52. The average Bonchev–Trinajstić information content (AvgIpc) is 3.08. The zero-order chi connectivity index (χ0) is 14.2. The van der Waals surface area contributed by atoms with Crippen LogP contribution in [0.2, 0.25) is 0 Å². The molecule has 0 aromatic carbocycles. The van der Waals surface area contributed by atoms with Crippen molar-refractivity contribution in [1.29, 1.82) is 0 Å². The van der Waals surface area contributed by atoms with Crippen LogP contribution >= 0.6 is 0 Å². The van der Waals surface area contributed by atoms with Crippen LogP contribution in [0.25, 0.3) is 0 Å². The molecule has 2 N–H and O–H groups in total. The van der Waals surface area contributed by atoms with Crippen LogP contribution in [0, 0.1) is 0 Å². The van der Waals surface area contributed by atoms with E-state index in [9.17, 15) is 4.79 Å². The van der Waals surface area contributed by atoms with Crippen LogP contribution in [0.3, 0.4) is 0 Å². The molecule has 0 radical (unpaired) electrons. The fourth-order valence-electron chi connectivity index (χ4n) is 3.50. The summed E-state index contributed by atoms with van der Waals surface area (Å²) in [6.45, 7) is 2.09. The van der Waals surface area contributed by atoms with E-state index in [1.54, 1.807) is 6.92 Å². The second-order valence-electron chi connectivity index (χ2n) is 5.84. The van der Waals surface area contributed by atoms with Crippen LogP contribution in [0.4, 0.5) is 0 Å². The fourth-order valence-corrected chi connectivity index (χ4v) is 3.50. The van der Waals surface area contributed by atoms with Crippen molar-refractivity contribution in [3.8, 4) is 0 Å². The Morgan fingerprint density at radius 3 is 2.70 bits per heavy atom. The van der Waals surface area contributed by atoms with Crippen molar-refractivity contribution in [3.63, 3.8) is 0 Å². The van der Waals surface area contributed by atoms with Crippen LogP contribution < -0.4 is 5.73 Å². The number of hydrogen-bond acceptors (Lipinski definition) is 6. The van der Waals surface area contributed by atoms with Crippen molar-refractivity contribution in [2.24, 2.45) is 5.73 Å². The Morgan fingerprint density at radius 1 is 1.30 bits per heavy atom. The molecule has 3 fully saturated rings. The third kappa shape index (κ3) is 2.57. The SMILES string of the molecule is CCOC(=O)CO[C@H]1C[C@@H](N)[C@@H]2OC3(CCCC3)O[C@@H]21. The minimum absolute atomic E-state index is 0.0508. The van der Waals surface area contributed by atoms with Crippen molar-refractivity contribution in [2.75, 3.05) is 13.2 Å². The first-order valence-electron chi connectivity index (χ1n) is 7.52. The lowest BCUT2D eigenvalue weighted by Crippen LogP contribution is -2.35. The summed E-state index contributed by atoms with van der Waals surface area (Å²) < 4.78 is 22.7. The predicted molar refractivity (Wildman–Crippen MR) is 69.9 cm³/mol. The van der Waals surface area contributed by atoms with Crippen LogP contribution in [0.5, 0.6) is 0 Å². The molecule has 20 heavy (non-hydrogen) atoms. The number of nitrogens with two attached hydrogens (primary N) is 1. The van der Waals surface area contributed by atoms with Gasteiger partial charge in [0.2, 0.25) is 0 Å². The van der Waals surface area contributed by atoms with Crippen molar-refractivity contribution in [3.05, 3.63) is 0 Å². The summed E-state index contributed by atoms with van der Waals surface area (Å²) in [4.78, 5) is 11.4. The molecule has 0 aromatic rings. The molecule has 1 heterocycles. The average molecular weight is 285 g/mol. The lowest BCUT2D eigenvalue weighted by atomic mass is 10.2. The molecule has 0 unspecified atom stereocenters. The van der Waals surface area contributed by atoms with Gasteiger partial charge in [0.25, 0.3) is 0 Å². The monoisotopic (exact) mass is 285 g/mol. The van der Waals surface area contributed by atoms with Crippen molar-refractivity contribution >= 4 is 5.97 Å². The lowest BCUT2D eigenvalue weighted by Gasteiger charge is -2.25. The third-order valence-electron chi connectivity index (χ3n) is 4.40. The summed E-state index contributed by atoms with van der Waals surface area (Å²) in [6, 6.07) is -0.0906. The zero-order valence-corrected chi connectivity index (χ0v) is 11.9. The van der Waals surface area contributed by atoms with Crippen molar-refractivity contribution < 1.29 is 23.7 Å². The van der Waals surface area contributed by atoms with Gasteiger partial charge in [-0.25, -0.2) is 4.79 Å². The highest BCUT2D eigenvalue weighted by Crippen LogP contribution is 2.46. The minimum atomic E-state index is -0.446. The second-order valence-corrected chi connectivity index (χ2v) is 5.84. The molecule has 3 rings (SSSR count). The maximum absolute atomic E-state index is 11.4. The number of rotatable bonds is 4. The summed E-state index contributed by atoms with van der Waals surface area (Å²) in [6.07, 6.45) is 4.32. The molecular formula is C14H23NO5. The molecule has 0 bridgehead atoms. The van der Waals surface area contributed by atoms with Crippen LogP contribution in [-0.4, -0.2) is 49.3 Å². The van der Waals surface area contributed by atoms with Gasteiger partial charge in [-0.05, 0) is 26.2 Å². The smallest absolute Gasteiger partial charge is 0.332 e. The van der Waals surface area contributed by atoms with Gasteiger partial charge in [-0.1, -0.05) is 0 Å². The standard InChI is InChI=1S/C14H23NO5/c1-2-17-11(16)8-18-10-7-9(15)12-13(10)20-14(19-12)5-3-4-6-14/h9-10,12-13H,2-8,15H2,1H3/t9-,10+,12+,13-/m1/s1. The van der Waals surface area contributed by atoms with Gasteiger partial charge in [-0.2, -0.15) is 0 Å². The van der Waals surface area contributed by atoms with E-state index >= 15 is 0 Å². The number of carbonyl (C=O) groups is 1. The topological polar surface area (TPSA) is 80.0 Å². The second kappa shape index (κ2) is 5.60. The molecule has 3 aliphatic rings. The van der Waals surface area contributed by atoms with E-state index in [4.69, 9.17) is 24.7 Å². The Balaban J connectivity index is 1.58. The summed E-state index contributed by atoms with van der Waals surface area (Å²) in [5.41, 5.74) is 6.13. The first kappa shape index (κ1) is 14.3. The Bertz CT molecular complexity index is 369. The van der Waals surface area contributed by atoms with E-state index in [1.165, 1.54) is 0 Å². The van der Waals surface area contributed by atoms with E-state index in [1.807, 2.05) is 0 Å². The normalized spacial score (nSPS) is 38.3. The molecular weight excluding hydrogens is 262 g/mol. The van der Waals surface area contributed by atoms with E-state index in [-0.39, 0.29) is 36.9 Å². The maximum Gasteiger partial charge on any atom is 0.332 e. The number of hydrogen-bond donors (Lipinski definition) is 1. The lowest BCUT2D eigenvalue weighted by molar-refractivity contribution is -0.189. The summed E-state index contributed by atoms with van der Waals surface area (Å²) >= 11 is 0. The van der Waals surface area contributed by atoms with Gasteiger partial charge < -0.3 is 24.7 Å². The molecule has 1 aliphatic heterocycles. The Labute approximate surface area is 118 Å². The van der Waals surface area contributed by atoms with Gasteiger partial charge in [-0.15, -0.1) is 0 Å². The Kier molecular flexibility index (Phi) is 3.99. The maximum atomic E-state index is 11.4. The highest BCUT2D eigenvalue weighted by molar-refractivity contribution is 5.70. The summed E-state index contributed by atoms with van der Waals surface area (Å²) in [7, 11) is 0. The molecule has 1 saturated heterocycles. The Morgan fingerprint density at radius 2 is 2.00 bits per heavy atom. The van der Waals surface area contributed by atoms with Gasteiger partial charge >= 0.3 is 5.97 Å². The van der Waals surface area contributed by atoms with E-state index < -0.39 is 5.79 Å². The van der Waals surface area contributed by atoms with E-state index in [0.717, 1.165) is 25.7 Å². The van der Waals surface area contributed by atoms with E-state index in [2.05, 4.69) is 0 Å².